The van der Waals surface area contributed by atoms with Crippen molar-refractivity contribution in [1.29, 1.82) is 0 Å². The number of methoxy groups -OCH3 is 1. The van der Waals surface area contributed by atoms with Gasteiger partial charge in [0.1, 0.15) is 11.6 Å². The molecule has 0 atom stereocenters. The molecule has 1 aromatic heterocycles. The molecule has 21 heavy (non-hydrogen) atoms. The summed E-state index contributed by atoms with van der Waals surface area (Å²) in [5.41, 5.74) is 2.64. The molecule has 0 aliphatic heterocycles. The molecule has 5 heteroatoms. The van der Waals surface area contributed by atoms with Crippen molar-refractivity contribution in [3.63, 3.8) is 0 Å². The van der Waals surface area contributed by atoms with Crippen LogP contribution in [0.2, 0.25) is 0 Å². The van der Waals surface area contributed by atoms with Crippen molar-refractivity contribution in [2.45, 2.75) is 0 Å². The average molecular weight is 298 g/mol. The zero-order valence-corrected chi connectivity index (χ0v) is 12.3. The van der Waals surface area contributed by atoms with Crippen LogP contribution in [0.3, 0.4) is 0 Å². The van der Waals surface area contributed by atoms with Gasteiger partial charge in [-0.3, -0.25) is 4.79 Å². The Bertz CT molecular complexity index is 750. The maximum atomic E-state index is 11.7. The van der Waals surface area contributed by atoms with Crippen molar-refractivity contribution in [2.75, 3.05) is 19.0 Å². The normalized spacial score (nSPS) is 10.7. The molecule has 2 aromatic carbocycles. The first-order valence-corrected chi connectivity index (χ1v) is 7.33. The van der Waals surface area contributed by atoms with Gasteiger partial charge in [-0.25, -0.2) is 4.98 Å². The molecule has 1 amide bonds. The molecule has 0 saturated heterocycles. The molecule has 0 spiro atoms. The summed E-state index contributed by atoms with van der Waals surface area (Å²) in [5.74, 6) is -0.175. The van der Waals surface area contributed by atoms with Crippen LogP contribution >= 0.6 is 11.3 Å². The number of nitrogens with zero attached hydrogens (tertiary/aromatic N) is 1. The van der Waals surface area contributed by atoms with Gasteiger partial charge in [-0.15, -0.1) is 11.3 Å². The number of carbonyl (C=O) groups is 1. The molecule has 3 aromatic rings. The summed E-state index contributed by atoms with van der Waals surface area (Å²) in [6, 6.07) is 15.7. The van der Waals surface area contributed by atoms with Crippen LogP contribution in [0.15, 0.2) is 48.5 Å². The number of ether oxygens (including phenoxy) is 1. The smallest absolute Gasteiger partial charge is 0.250 e. The summed E-state index contributed by atoms with van der Waals surface area (Å²) in [6.45, 7) is 0.0359. The minimum atomic E-state index is -0.175. The van der Waals surface area contributed by atoms with Crippen molar-refractivity contribution in [1.82, 2.24) is 4.98 Å². The van der Waals surface area contributed by atoms with E-state index in [9.17, 15) is 4.79 Å². The highest BCUT2D eigenvalue weighted by molar-refractivity contribution is 7.21. The van der Waals surface area contributed by atoms with Crippen LogP contribution < -0.4 is 5.32 Å². The van der Waals surface area contributed by atoms with Crippen molar-refractivity contribution in [3.05, 3.63) is 48.5 Å². The first kappa shape index (κ1) is 13.7. The number of thiazole rings is 1. The Morgan fingerprint density at radius 1 is 1.19 bits per heavy atom. The number of anilines is 1. The number of para-hydroxylation sites is 2. The molecule has 0 fully saturated rings. The Labute approximate surface area is 126 Å². The zero-order valence-electron chi connectivity index (χ0n) is 11.5. The summed E-state index contributed by atoms with van der Waals surface area (Å²) in [6.07, 6.45) is 0. The molecule has 0 radical (unpaired) electrons. The van der Waals surface area contributed by atoms with Crippen molar-refractivity contribution in [2.24, 2.45) is 0 Å². The van der Waals surface area contributed by atoms with E-state index in [2.05, 4.69) is 10.3 Å². The highest BCUT2D eigenvalue weighted by Crippen LogP contribution is 2.34. The van der Waals surface area contributed by atoms with Gasteiger partial charge < -0.3 is 10.1 Å². The second-order valence-electron chi connectivity index (χ2n) is 4.51. The first-order chi connectivity index (χ1) is 10.3. The highest BCUT2D eigenvalue weighted by Gasteiger charge is 2.11. The fraction of sp³-hybridized carbons (Fsp3) is 0.125. The summed E-state index contributed by atoms with van der Waals surface area (Å²) >= 11 is 1.61. The third kappa shape index (κ3) is 2.94. The monoisotopic (exact) mass is 298 g/mol. The second kappa shape index (κ2) is 6.03. The molecule has 0 unspecified atom stereocenters. The van der Waals surface area contributed by atoms with Gasteiger partial charge in [-0.05, 0) is 24.3 Å². The highest BCUT2D eigenvalue weighted by atomic mass is 32.1. The van der Waals surface area contributed by atoms with E-state index in [0.29, 0.717) is 0 Å². The van der Waals surface area contributed by atoms with Crippen LogP contribution in [0.25, 0.3) is 20.8 Å². The Balaban J connectivity index is 1.99. The lowest BCUT2D eigenvalue weighted by atomic mass is 10.2. The van der Waals surface area contributed by atoms with E-state index in [1.165, 1.54) is 7.11 Å². The lowest BCUT2D eigenvalue weighted by Gasteiger charge is -2.08. The van der Waals surface area contributed by atoms with Crippen molar-refractivity contribution >= 4 is 33.1 Å². The molecule has 1 heterocycles. The Kier molecular flexibility index (Phi) is 3.94. The van der Waals surface area contributed by atoms with Crippen LogP contribution in [-0.2, 0) is 9.53 Å². The Morgan fingerprint density at radius 3 is 2.76 bits per heavy atom. The maximum absolute atomic E-state index is 11.7. The molecule has 0 saturated carbocycles. The number of rotatable bonds is 4. The molecule has 0 aliphatic carbocycles. The number of nitrogens with one attached hydrogen (secondary N) is 1. The fourth-order valence-electron chi connectivity index (χ4n) is 2.08. The minimum absolute atomic E-state index is 0.0359. The van der Waals surface area contributed by atoms with Crippen molar-refractivity contribution < 1.29 is 9.53 Å². The standard InChI is InChI=1S/C16H14N2O2S/c1-20-10-15(19)17-12-7-3-2-6-11(12)16-18-13-8-4-5-9-14(13)21-16/h2-9H,10H2,1H3,(H,17,19). The zero-order chi connectivity index (χ0) is 14.7. The molecule has 0 bridgehead atoms. The van der Waals surface area contributed by atoms with Gasteiger partial charge in [0, 0.05) is 12.7 Å². The number of amides is 1. The number of aromatic nitrogens is 1. The third-order valence-corrected chi connectivity index (χ3v) is 4.07. The molecular weight excluding hydrogens is 284 g/mol. The maximum Gasteiger partial charge on any atom is 0.250 e. The van der Waals surface area contributed by atoms with Gasteiger partial charge in [0.05, 0.1) is 15.9 Å². The van der Waals surface area contributed by atoms with Crippen LogP contribution in [0.1, 0.15) is 0 Å². The van der Waals surface area contributed by atoms with Crippen LogP contribution in [0.5, 0.6) is 0 Å². The molecular formula is C16H14N2O2S. The topological polar surface area (TPSA) is 51.2 Å². The van der Waals surface area contributed by atoms with E-state index in [1.807, 2.05) is 48.5 Å². The lowest BCUT2D eigenvalue weighted by Crippen LogP contribution is -2.17. The molecule has 4 nitrogen and oxygen atoms in total. The Hall–Kier alpha value is -2.24. The van der Waals surface area contributed by atoms with Gasteiger partial charge in [0.25, 0.3) is 0 Å². The van der Waals surface area contributed by atoms with Crippen LogP contribution in [-0.4, -0.2) is 24.6 Å². The number of benzene rings is 2. The van der Waals surface area contributed by atoms with Gasteiger partial charge in [0.2, 0.25) is 5.91 Å². The number of hydrogen-bond acceptors (Lipinski definition) is 4. The van der Waals surface area contributed by atoms with Gasteiger partial charge in [-0.2, -0.15) is 0 Å². The van der Waals surface area contributed by atoms with Gasteiger partial charge >= 0.3 is 0 Å². The van der Waals surface area contributed by atoms with Gasteiger partial charge in [-0.1, -0.05) is 24.3 Å². The van der Waals surface area contributed by atoms with E-state index >= 15 is 0 Å². The summed E-state index contributed by atoms with van der Waals surface area (Å²) in [4.78, 5) is 16.3. The molecule has 3 rings (SSSR count). The molecule has 0 aliphatic rings. The van der Waals surface area contributed by atoms with Crippen molar-refractivity contribution in [3.8, 4) is 10.6 Å². The predicted molar refractivity (Wildman–Crippen MR) is 85.6 cm³/mol. The van der Waals surface area contributed by atoms with Crippen LogP contribution in [0, 0.1) is 0 Å². The fourth-order valence-corrected chi connectivity index (χ4v) is 3.09. The predicted octanol–water partition coefficient (Wildman–Crippen LogP) is 3.55. The van der Waals surface area contributed by atoms with E-state index in [4.69, 9.17) is 4.74 Å². The van der Waals surface area contributed by atoms with E-state index in [0.717, 1.165) is 26.5 Å². The van der Waals surface area contributed by atoms with E-state index < -0.39 is 0 Å². The average Bonchev–Trinajstić information content (AvgIpc) is 2.91. The van der Waals surface area contributed by atoms with E-state index in [1.54, 1.807) is 11.3 Å². The van der Waals surface area contributed by atoms with Crippen LogP contribution in [0.4, 0.5) is 5.69 Å². The molecule has 1 N–H and O–H groups in total. The number of carbonyl (C=O) groups excluding carboxylic acids is 1. The Morgan fingerprint density at radius 2 is 1.95 bits per heavy atom. The van der Waals surface area contributed by atoms with E-state index in [-0.39, 0.29) is 12.5 Å². The third-order valence-electron chi connectivity index (χ3n) is 3.00. The molecule has 106 valence electrons. The number of hydrogen-bond donors (Lipinski definition) is 1. The first-order valence-electron chi connectivity index (χ1n) is 6.51. The summed E-state index contributed by atoms with van der Waals surface area (Å²) in [5, 5.41) is 3.75. The number of fused-ring (bicyclic) bond motifs is 1. The minimum Gasteiger partial charge on any atom is -0.375 e. The largest absolute Gasteiger partial charge is 0.375 e. The summed E-state index contributed by atoms with van der Waals surface area (Å²) < 4.78 is 5.97. The quantitative estimate of drug-likeness (QED) is 0.801. The van der Waals surface area contributed by atoms with Gasteiger partial charge in [0.15, 0.2) is 0 Å². The SMILES string of the molecule is COCC(=O)Nc1ccccc1-c1nc2ccccc2s1. The summed E-state index contributed by atoms with van der Waals surface area (Å²) in [7, 11) is 1.50. The second-order valence-corrected chi connectivity index (χ2v) is 5.54. The lowest BCUT2D eigenvalue weighted by molar-refractivity contribution is -0.119.